The van der Waals surface area contributed by atoms with E-state index in [0.29, 0.717) is 6.42 Å². The molecule has 5 N–H and O–H groups in total. The van der Waals surface area contributed by atoms with E-state index < -0.39 is 46.3 Å². The molecule has 0 saturated heterocycles. The summed E-state index contributed by atoms with van der Waals surface area (Å²) in [5, 5.41) is 42.9. The van der Waals surface area contributed by atoms with Crippen molar-refractivity contribution < 1.29 is 37.6 Å². The molecule has 0 heterocycles. The van der Waals surface area contributed by atoms with E-state index in [2.05, 4.69) is 13.5 Å². The van der Waals surface area contributed by atoms with Gasteiger partial charge in [-0.25, -0.2) is 4.18 Å². The van der Waals surface area contributed by atoms with Crippen molar-refractivity contribution in [2.24, 2.45) is 40.4 Å². The minimum Gasteiger partial charge on any atom is -0.390 e. The molecule has 12 atom stereocenters. The quantitative estimate of drug-likeness (QED) is 0.318. The minimum atomic E-state index is -4.78. The highest BCUT2D eigenvalue weighted by atomic mass is 32.3. The Morgan fingerprint density at radius 2 is 1.60 bits per heavy atom. The summed E-state index contributed by atoms with van der Waals surface area (Å²) in [6.07, 6.45) is -0.639. The van der Waals surface area contributed by atoms with Gasteiger partial charge in [-0.15, -0.1) is 6.58 Å². The smallest absolute Gasteiger partial charge is 0.390 e. The summed E-state index contributed by atoms with van der Waals surface area (Å²) in [5.41, 5.74) is -0.808. The van der Waals surface area contributed by atoms with Crippen LogP contribution in [0.15, 0.2) is 12.7 Å². The number of aliphatic hydroxyl groups excluding tert-OH is 4. The highest BCUT2D eigenvalue weighted by Crippen LogP contribution is 2.67. The van der Waals surface area contributed by atoms with Crippen LogP contribution in [0.1, 0.15) is 46.0 Å². The lowest BCUT2D eigenvalue weighted by atomic mass is 9.44. The van der Waals surface area contributed by atoms with E-state index in [0.717, 1.165) is 19.3 Å². The molecule has 0 aromatic rings. The van der Waals surface area contributed by atoms with Gasteiger partial charge in [-0.2, -0.15) is 8.42 Å². The third-order valence-electron chi connectivity index (χ3n) is 9.37. The topological polar surface area (TPSA) is 145 Å². The van der Waals surface area contributed by atoms with Gasteiger partial charge >= 0.3 is 10.4 Å². The molecule has 0 aliphatic heterocycles. The molecule has 0 bridgehead atoms. The van der Waals surface area contributed by atoms with Gasteiger partial charge in [0.1, 0.15) is 12.2 Å². The molecular formula is C21H34O8S. The largest absolute Gasteiger partial charge is 0.397 e. The van der Waals surface area contributed by atoms with Gasteiger partial charge in [0, 0.05) is 5.92 Å². The minimum absolute atomic E-state index is 0.0642. The molecule has 4 aliphatic rings. The first kappa shape index (κ1) is 22.6. The number of fused-ring (bicyclic) bond motifs is 5. The summed E-state index contributed by atoms with van der Waals surface area (Å²) in [6, 6.07) is 0. The Hall–Kier alpha value is -0.550. The summed E-state index contributed by atoms with van der Waals surface area (Å²) >= 11 is 0. The van der Waals surface area contributed by atoms with Crippen LogP contribution in [0.4, 0.5) is 0 Å². The lowest BCUT2D eigenvalue weighted by molar-refractivity contribution is -0.206. The van der Waals surface area contributed by atoms with Gasteiger partial charge in [-0.3, -0.25) is 4.55 Å². The first-order valence-electron chi connectivity index (χ1n) is 10.9. The van der Waals surface area contributed by atoms with Crippen molar-refractivity contribution in [2.75, 3.05) is 0 Å². The second-order valence-electron chi connectivity index (χ2n) is 10.5. The highest BCUT2D eigenvalue weighted by molar-refractivity contribution is 7.80. The van der Waals surface area contributed by atoms with Crippen LogP contribution in [0.2, 0.25) is 0 Å². The average Bonchev–Trinajstić information content (AvgIpc) is 2.83. The van der Waals surface area contributed by atoms with E-state index in [-0.39, 0.29) is 41.4 Å². The lowest BCUT2D eigenvalue weighted by Crippen LogP contribution is -2.63. The van der Waals surface area contributed by atoms with Gasteiger partial charge < -0.3 is 20.4 Å². The van der Waals surface area contributed by atoms with Crippen LogP contribution < -0.4 is 0 Å². The van der Waals surface area contributed by atoms with Crippen molar-refractivity contribution in [2.45, 2.75) is 76.5 Å². The van der Waals surface area contributed by atoms with Gasteiger partial charge in [0.15, 0.2) is 0 Å². The standard InChI is InChI=1S/C21H34O8S/c1-4-11-16(22)19(25)15-10-5-6-13-17(23)18(24)14(29-30(26,27)28)9-21(13,3)12(10)7-8-20(11,15)2/h4,10-19,22-25H,1,5-9H2,2-3H3,(H,26,27,28)/t10-,11+,12+,13+,14+,15-,16-,17-,18+,19+,20+,21-/m1/s1. The average molecular weight is 447 g/mol. The van der Waals surface area contributed by atoms with E-state index in [4.69, 9.17) is 8.74 Å². The molecular weight excluding hydrogens is 412 g/mol. The third kappa shape index (κ3) is 3.12. The fourth-order valence-electron chi connectivity index (χ4n) is 8.14. The molecule has 0 radical (unpaired) electrons. The molecule has 9 heteroatoms. The predicted octanol–water partition coefficient (Wildman–Crippen LogP) is 0.902. The van der Waals surface area contributed by atoms with Crippen molar-refractivity contribution in [3.8, 4) is 0 Å². The maximum atomic E-state index is 11.3. The van der Waals surface area contributed by atoms with Crippen LogP contribution in [-0.2, 0) is 14.6 Å². The SMILES string of the molecule is C=C[C@H]1[C@@H](O)[C@@H](O)[C@H]2[C@@H]3CC[C@H]4[C@@H](O)[C@@H](O)[C@@H](OS(=O)(=O)O)C[C@]4(C)[C@H]3CC[C@]21C. The second kappa shape index (κ2) is 7.23. The zero-order chi connectivity index (χ0) is 22.2. The monoisotopic (exact) mass is 446 g/mol. The summed E-state index contributed by atoms with van der Waals surface area (Å²) in [5.74, 6) is -0.406. The Balaban J connectivity index is 1.68. The fourth-order valence-corrected chi connectivity index (χ4v) is 8.64. The number of rotatable bonds is 3. The summed E-state index contributed by atoms with van der Waals surface area (Å²) in [6.45, 7) is 7.98. The zero-order valence-electron chi connectivity index (χ0n) is 17.5. The van der Waals surface area contributed by atoms with E-state index in [1.807, 2.05) is 6.92 Å². The number of aliphatic hydroxyl groups is 4. The maximum absolute atomic E-state index is 11.3. The molecule has 30 heavy (non-hydrogen) atoms. The van der Waals surface area contributed by atoms with Gasteiger partial charge in [0.25, 0.3) is 0 Å². The van der Waals surface area contributed by atoms with Gasteiger partial charge in [-0.05, 0) is 66.6 Å². The number of hydrogen-bond acceptors (Lipinski definition) is 7. The van der Waals surface area contributed by atoms with Crippen molar-refractivity contribution >= 4 is 10.4 Å². The van der Waals surface area contributed by atoms with Crippen molar-refractivity contribution in [3.63, 3.8) is 0 Å². The van der Waals surface area contributed by atoms with Crippen molar-refractivity contribution in [3.05, 3.63) is 12.7 Å². The van der Waals surface area contributed by atoms with Crippen molar-refractivity contribution in [1.82, 2.24) is 0 Å². The molecule has 0 aromatic carbocycles. The van der Waals surface area contributed by atoms with Crippen LogP contribution in [-0.4, -0.2) is 63.9 Å². The van der Waals surface area contributed by atoms with Crippen LogP contribution in [0.3, 0.4) is 0 Å². The fraction of sp³-hybridized carbons (Fsp3) is 0.905. The Morgan fingerprint density at radius 1 is 0.933 bits per heavy atom. The van der Waals surface area contributed by atoms with Crippen LogP contribution in [0.25, 0.3) is 0 Å². The molecule has 4 saturated carbocycles. The Morgan fingerprint density at radius 3 is 2.20 bits per heavy atom. The zero-order valence-corrected chi connectivity index (χ0v) is 18.3. The van der Waals surface area contributed by atoms with Gasteiger partial charge in [0.2, 0.25) is 0 Å². The molecule has 4 aliphatic carbocycles. The number of hydrogen-bond donors (Lipinski definition) is 5. The highest BCUT2D eigenvalue weighted by Gasteiger charge is 2.66. The first-order chi connectivity index (χ1) is 13.8. The molecule has 4 rings (SSSR count). The molecule has 0 unspecified atom stereocenters. The summed E-state index contributed by atoms with van der Waals surface area (Å²) < 4.78 is 36.5. The van der Waals surface area contributed by atoms with E-state index in [1.165, 1.54) is 0 Å². The van der Waals surface area contributed by atoms with Crippen LogP contribution >= 0.6 is 0 Å². The van der Waals surface area contributed by atoms with Crippen LogP contribution in [0, 0.1) is 40.4 Å². The van der Waals surface area contributed by atoms with Gasteiger partial charge in [0.05, 0.1) is 18.3 Å². The summed E-state index contributed by atoms with van der Waals surface area (Å²) in [7, 11) is -4.78. The van der Waals surface area contributed by atoms with Gasteiger partial charge in [-0.1, -0.05) is 19.9 Å². The third-order valence-corrected chi connectivity index (χ3v) is 9.86. The Labute approximate surface area is 177 Å². The van der Waals surface area contributed by atoms with Crippen molar-refractivity contribution in [1.29, 1.82) is 0 Å². The molecule has 0 spiro atoms. The molecule has 0 amide bonds. The second-order valence-corrected chi connectivity index (χ2v) is 11.6. The lowest BCUT2D eigenvalue weighted by Gasteiger charge is -2.62. The molecule has 172 valence electrons. The Kier molecular flexibility index (Phi) is 5.46. The molecule has 8 nitrogen and oxygen atoms in total. The Bertz CT molecular complexity index is 801. The maximum Gasteiger partial charge on any atom is 0.397 e. The van der Waals surface area contributed by atoms with E-state index in [9.17, 15) is 28.8 Å². The summed E-state index contributed by atoms with van der Waals surface area (Å²) in [4.78, 5) is 0. The van der Waals surface area contributed by atoms with Crippen LogP contribution in [0.5, 0.6) is 0 Å². The normalized spacial score (nSPS) is 56.0. The predicted molar refractivity (Wildman–Crippen MR) is 107 cm³/mol. The molecule has 0 aromatic heterocycles. The van der Waals surface area contributed by atoms with E-state index in [1.54, 1.807) is 6.08 Å². The first-order valence-corrected chi connectivity index (χ1v) is 12.2. The molecule has 4 fully saturated rings. The van der Waals surface area contributed by atoms with E-state index >= 15 is 0 Å².